The third-order valence-corrected chi connectivity index (χ3v) is 8.26. The Balaban J connectivity index is 1.54. The molecule has 0 aromatic heterocycles. The molecule has 0 unspecified atom stereocenters. The van der Waals surface area contributed by atoms with Gasteiger partial charge in [0.25, 0.3) is 0 Å². The zero-order valence-electron chi connectivity index (χ0n) is 18.0. The molecule has 0 bridgehead atoms. The van der Waals surface area contributed by atoms with Crippen molar-refractivity contribution in [2.75, 3.05) is 6.61 Å². The number of rotatable bonds is 3. The molecule has 0 saturated heterocycles. The first-order chi connectivity index (χ1) is 13.5. The van der Waals surface area contributed by atoms with Gasteiger partial charge in [0.05, 0.1) is 24.7 Å². The summed E-state index contributed by atoms with van der Waals surface area (Å²) in [6.45, 7) is 8.92. The van der Waals surface area contributed by atoms with Gasteiger partial charge in [0.2, 0.25) is 0 Å². The topological polar surface area (TPSA) is 76.0 Å². The number of aliphatic hydroxyl groups is 2. The number of hydrogen-bond donors (Lipinski definition) is 2. The van der Waals surface area contributed by atoms with E-state index < -0.39 is 5.60 Å². The van der Waals surface area contributed by atoms with Crippen molar-refractivity contribution in [1.82, 2.24) is 0 Å². The highest BCUT2D eigenvalue weighted by molar-refractivity contribution is 5.74. The van der Waals surface area contributed by atoms with Crippen LogP contribution in [-0.4, -0.2) is 40.6 Å². The molecule has 160 valence electrons. The Kier molecular flexibility index (Phi) is 4.98. The molecule has 3 aliphatic carbocycles. The van der Waals surface area contributed by atoms with Gasteiger partial charge in [0.1, 0.15) is 11.9 Å². The van der Waals surface area contributed by atoms with E-state index in [2.05, 4.69) is 20.8 Å². The summed E-state index contributed by atoms with van der Waals surface area (Å²) < 4.78 is 11.6. The molecular weight excluding hydrogens is 368 g/mol. The van der Waals surface area contributed by atoms with E-state index in [-0.39, 0.29) is 34.9 Å². The molecule has 29 heavy (non-hydrogen) atoms. The maximum Gasteiger partial charge on any atom is 0.310 e. The van der Waals surface area contributed by atoms with Crippen LogP contribution in [0, 0.1) is 22.7 Å². The summed E-state index contributed by atoms with van der Waals surface area (Å²) >= 11 is 0. The summed E-state index contributed by atoms with van der Waals surface area (Å²) in [6, 6.07) is 0. The van der Waals surface area contributed by atoms with E-state index in [0.717, 1.165) is 24.8 Å². The Morgan fingerprint density at radius 1 is 1.17 bits per heavy atom. The fourth-order valence-corrected chi connectivity index (χ4v) is 6.41. The summed E-state index contributed by atoms with van der Waals surface area (Å²) in [5.74, 6) is 0.745. The highest BCUT2D eigenvalue weighted by Crippen LogP contribution is 2.62. The van der Waals surface area contributed by atoms with Crippen LogP contribution < -0.4 is 0 Å². The van der Waals surface area contributed by atoms with Crippen molar-refractivity contribution in [2.45, 2.75) is 77.6 Å². The summed E-state index contributed by atoms with van der Waals surface area (Å²) in [4.78, 5) is 11.6. The van der Waals surface area contributed by atoms with Gasteiger partial charge in [0.15, 0.2) is 0 Å². The lowest BCUT2D eigenvalue weighted by molar-refractivity contribution is -0.204. The normalized spacial score (nSPS) is 43.4. The molecule has 4 aliphatic rings. The molecule has 1 aliphatic heterocycles. The molecule has 0 radical (unpaired) electrons. The fraction of sp³-hybridized carbons (Fsp3) is 0.708. The van der Waals surface area contributed by atoms with Crippen LogP contribution >= 0.6 is 0 Å². The number of hydrogen-bond acceptors (Lipinski definition) is 5. The van der Waals surface area contributed by atoms with E-state index >= 15 is 0 Å². The average molecular weight is 403 g/mol. The number of esters is 1. The van der Waals surface area contributed by atoms with Gasteiger partial charge in [-0.05, 0) is 61.0 Å². The quantitative estimate of drug-likeness (QED) is 0.705. The first-order valence-electron chi connectivity index (χ1n) is 10.9. The zero-order valence-corrected chi connectivity index (χ0v) is 18.0. The SMILES string of the molecule is CC1(C)[C@H](O)CC[C@@]2(C)[C@@H]1CC[C@](C)(O)[C@H]2COC1=C[C@H]2OC(=O)CC=C2C=C1. The molecule has 2 fully saturated rings. The van der Waals surface area contributed by atoms with E-state index in [1.54, 1.807) is 0 Å². The Morgan fingerprint density at radius 3 is 2.69 bits per heavy atom. The largest absolute Gasteiger partial charge is 0.493 e. The standard InChI is InChI=1S/C24H34O5/c1-22(2)18-9-12-24(4,27)19(23(18,3)11-10-20(22)25)14-28-16-7-5-15-6-8-21(26)29-17(15)13-16/h5-7,13,17-20,25,27H,8-12,14H2,1-4H3/t17-,18-,19+,20-,23+,24+/m1/s1. The summed E-state index contributed by atoms with van der Waals surface area (Å²) in [7, 11) is 0. The monoisotopic (exact) mass is 402 g/mol. The number of carbonyl (C=O) groups excluding carboxylic acids is 1. The number of fused-ring (bicyclic) bond motifs is 2. The zero-order chi connectivity index (χ0) is 21.0. The minimum absolute atomic E-state index is 0.0410. The fourth-order valence-electron chi connectivity index (χ4n) is 6.41. The smallest absolute Gasteiger partial charge is 0.310 e. The maximum absolute atomic E-state index is 11.6. The van der Waals surface area contributed by atoms with Crippen molar-refractivity contribution < 1.29 is 24.5 Å². The molecule has 1 heterocycles. The molecule has 2 saturated carbocycles. The van der Waals surface area contributed by atoms with Gasteiger partial charge < -0.3 is 19.7 Å². The Hall–Kier alpha value is -1.59. The first kappa shape index (κ1) is 20.7. The van der Waals surface area contributed by atoms with Crippen LogP contribution in [0.3, 0.4) is 0 Å². The lowest BCUT2D eigenvalue weighted by Gasteiger charge is -2.62. The Bertz CT molecular complexity index is 774. The maximum atomic E-state index is 11.6. The predicted molar refractivity (Wildman–Crippen MR) is 110 cm³/mol. The molecule has 0 spiro atoms. The van der Waals surface area contributed by atoms with E-state index in [1.165, 1.54) is 0 Å². The van der Waals surface area contributed by atoms with E-state index in [0.29, 0.717) is 31.1 Å². The van der Waals surface area contributed by atoms with Crippen LogP contribution in [-0.2, 0) is 14.3 Å². The molecule has 5 heteroatoms. The molecule has 0 aromatic carbocycles. The van der Waals surface area contributed by atoms with Crippen LogP contribution in [0.5, 0.6) is 0 Å². The van der Waals surface area contributed by atoms with Crippen molar-refractivity contribution in [3.63, 3.8) is 0 Å². The van der Waals surface area contributed by atoms with Gasteiger partial charge in [-0.3, -0.25) is 4.79 Å². The summed E-state index contributed by atoms with van der Waals surface area (Å²) in [5, 5.41) is 21.9. The second-order valence-electron chi connectivity index (χ2n) is 10.4. The summed E-state index contributed by atoms with van der Waals surface area (Å²) in [5.41, 5.74) is -0.116. The van der Waals surface area contributed by atoms with Crippen LogP contribution in [0.25, 0.3) is 0 Å². The molecule has 6 atom stereocenters. The molecule has 0 aromatic rings. The minimum atomic E-state index is -0.815. The van der Waals surface area contributed by atoms with Crippen LogP contribution in [0.15, 0.2) is 35.6 Å². The second kappa shape index (κ2) is 6.98. The van der Waals surface area contributed by atoms with Crippen LogP contribution in [0.1, 0.15) is 59.8 Å². The van der Waals surface area contributed by atoms with Crippen molar-refractivity contribution >= 4 is 5.97 Å². The molecular formula is C24H34O5. The van der Waals surface area contributed by atoms with Crippen LogP contribution in [0.2, 0.25) is 0 Å². The third-order valence-electron chi connectivity index (χ3n) is 8.26. The van der Waals surface area contributed by atoms with Crippen molar-refractivity contribution in [3.05, 3.63) is 35.6 Å². The lowest BCUT2D eigenvalue weighted by Crippen LogP contribution is -2.61. The molecule has 0 amide bonds. The predicted octanol–water partition coefficient (Wildman–Crippen LogP) is 3.66. The molecule has 4 rings (SSSR count). The van der Waals surface area contributed by atoms with Gasteiger partial charge >= 0.3 is 5.97 Å². The van der Waals surface area contributed by atoms with Gasteiger partial charge in [-0.25, -0.2) is 0 Å². The van der Waals surface area contributed by atoms with Crippen molar-refractivity contribution in [1.29, 1.82) is 0 Å². The van der Waals surface area contributed by atoms with Crippen molar-refractivity contribution in [3.8, 4) is 0 Å². The number of carbonyl (C=O) groups is 1. The first-order valence-corrected chi connectivity index (χ1v) is 10.9. The lowest BCUT2D eigenvalue weighted by atomic mass is 9.45. The summed E-state index contributed by atoms with van der Waals surface area (Å²) in [6.07, 6.45) is 10.5. The average Bonchev–Trinajstić information content (AvgIpc) is 2.64. The van der Waals surface area contributed by atoms with Gasteiger partial charge in [-0.2, -0.15) is 0 Å². The van der Waals surface area contributed by atoms with Crippen LogP contribution in [0.4, 0.5) is 0 Å². The third kappa shape index (κ3) is 3.46. The van der Waals surface area contributed by atoms with E-state index in [9.17, 15) is 15.0 Å². The molecule has 5 nitrogen and oxygen atoms in total. The minimum Gasteiger partial charge on any atom is -0.493 e. The van der Waals surface area contributed by atoms with Gasteiger partial charge in [-0.1, -0.05) is 32.9 Å². The second-order valence-corrected chi connectivity index (χ2v) is 10.4. The van der Waals surface area contributed by atoms with Gasteiger partial charge in [-0.15, -0.1) is 0 Å². The highest BCUT2D eigenvalue weighted by Gasteiger charge is 2.60. The van der Waals surface area contributed by atoms with Crippen molar-refractivity contribution in [2.24, 2.45) is 22.7 Å². The van der Waals surface area contributed by atoms with Gasteiger partial charge in [0, 0.05) is 12.0 Å². The highest BCUT2D eigenvalue weighted by atomic mass is 16.5. The number of allylic oxidation sites excluding steroid dienone is 1. The number of ether oxygens (including phenoxy) is 2. The molecule has 2 N–H and O–H groups in total. The number of aliphatic hydroxyl groups excluding tert-OH is 1. The Morgan fingerprint density at radius 2 is 1.93 bits per heavy atom. The van der Waals surface area contributed by atoms with E-state index in [4.69, 9.17) is 9.47 Å². The van der Waals surface area contributed by atoms with E-state index in [1.807, 2.05) is 31.2 Å². The Labute approximate surface area is 173 Å².